The van der Waals surface area contributed by atoms with E-state index in [0.717, 1.165) is 6.26 Å². The standard InChI is InChI=1S/C17H21N5O4S/c1-5-22-16-14(10(3)20-22)17(23)19-15(18-16)12-9-11(21-27(4,24)25)7-8-13(12)26-6-2/h7-9,21H,5-6H2,1-4H3,(H,18,19,23). The second-order valence-electron chi connectivity index (χ2n) is 6.03. The third-order valence-electron chi connectivity index (χ3n) is 3.91. The second kappa shape index (κ2) is 7.03. The number of fused-ring (bicyclic) bond motifs is 1. The fraction of sp³-hybridized carbons (Fsp3) is 0.353. The molecule has 0 fully saturated rings. The molecular weight excluding hydrogens is 370 g/mol. The number of hydrogen-bond acceptors (Lipinski definition) is 6. The Kier molecular flexibility index (Phi) is 4.92. The Balaban J connectivity index is 2.24. The average molecular weight is 391 g/mol. The minimum absolute atomic E-state index is 0.280. The molecule has 2 heterocycles. The first-order valence-corrected chi connectivity index (χ1v) is 10.3. The number of nitrogens with one attached hydrogen (secondary N) is 2. The van der Waals surface area contributed by atoms with E-state index in [-0.39, 0.29) is 11.4 Å². The van der Waals surface area contributed by atoms with E-state index in [1.54, 1.807) is 29.8 Å². The summed E-state index contributed by atoms with van der Waals surface area (Å²) in [5.41, 5.74) is 1.59. The van der Waals surface area contributed by atoms with Gasteiger partial charge in [0.1, 0.15) is 17.0 Å². The van der Waals surface area contributed by atoms with Gasteiger partial charge in [-0.05, 0) is 39.0 Å². The Morgan fingerprint density at radius 1 is 1.30 bits per heavy atom. The number of aromatic nitrogens is 4. The summed E-state index contributed by atoms with van der Waals surface area (Å²) in [6.07, 6.45) is 1.07. The minimum Gasteiger partial charge on any atom is -0.493 e. The summed E-state index contributed by atoms with van der Waals surface area (Å²) in [4.78, 5) is 19.9. The highest BCUT2D eigenvalue weighted by Gasteiger charge is 2.17. The lowest BCUT2D eigenvalue weighted by Crippen LogP contribution is -2.12. The summed E-state index contributed by atoms with van der Waals surface area (Å²) in [5, 5.41) is 4.77. The van der Waals surface area contributed by atoms with E-state index in [1.807, 2.05) is 13.8 Å². The molecule has 0 aliphatic carbocycles. The molecule has 3 aromatic rings. The maximum Gasteiger partial charge on any atom is 0.262 e. The zero-order valence-electron chi connectivity index (χ0n) is 15.5. The van der Waals surface area contributed by atoms with Gasteiger partial charge in [-0.1, -0.05) is 0 Å². The van der Waals surface area contributed by atoms with E-state index in [1.165, 1.54) is 0 Å². The van der Waals surface area contributed by atoms with Crippen molar-refractivity contribution in [1.82, 2.24) is 19.7 Å². The van der Waals surface area contributed by atoms with Crippen LogP contribution in [-0.4, -0.2) is 41.0 Å². The van der Waals surface area contributed by atoms with Crippen molar-refractivity contribution in [3.05, 3.63) is 34.2 Å². The Labute approximate surface area is 156 Å². The molecule has 1 aromatic carbocycles. The predicted octanol–water partition coefficient (Wildman–Crippen LogP) is 1.89. The summed E-state index contributed by atoms with van der Waals surface area (Å²) in [5.74, 6) is 0.765. The van der Waals surface area contributed by atoms with Crippen molar-refractivity contribution in [2.24, 2.45) is 0 Å². The van der Waals surface area contributed by atoms with Gasteiger partial charge in [0.25, 0.3) is 5.56 Å². The van der Waals surface area contributed by atoms with E-state index in [2.05, 4.69) is 19.8 Å². The molecule has 144 valence electrons. The minimum atomic E-state index is -3.45. The number of nitrogens with zero attached hydrogens (tertiary/aromatic N) is 3. The van der Waals surface area contributed by atoms with Crippen molar-refractivity contribution in [1.29, 1.82) is 0 Å². The topological polar surface area (TPSA) is 119 Å². The molecule has 3 rings (SSSR count). The number of ether oxygens (including phenoxy) is 1. The summed E-state index contributed by atoms with van der Waals surface area (Å²) in [6, 6.07) is 4.81. The first-order chi connectivity index (χ1) is 12.7. The molecule has 0 aliphatic rings. The van der Waals surface area contributed by atoms with Crippen LogP contribution in [0, 0.1) is 6.92 Å². The monoisotopic (exact) mass is 391 g/mol. The van der Waals surface area contributed by atoms with Crippen LogP contribution in [-0.2, 0) is 16.6 Å². The van der Waals surface area contributed by atoms with E-state index in [0.29, 0.717) is 46.9 Å². The van der Waals surface area contributed by atoms with Gasteiger partial charge >= 0.3 is 0 Å². The molecule has 0 aliphatic heterocycles. The molecule has 9 nitrogen and oxygen atoms in total. The maximum atomic E-state index is 12.6. The van der Waals surface area contributed by atoms with E-state index < -0.39 is 10.0 Å². The second-order valence-corrected chi connectivity index (χ2v) is 7.78. The molecule has 0 amide bonds. The van der Waals surface area contributed by atoms with Crippen LogP contribution in [0.25, 0.3) is 22.4 Å². The largest absolute Gasteiger partial charge is 0.493 e. The fourth-order valence-corrected chi connectivity index (χ4v) is 3.43. The molecule has 27 heavy (non-hydrogen) atoms. The number of rotatable bonds is 6. The van der Waals surface area contributed by atoms with E-state index in [9.17, 15) is 13.2 Å². The number of anilines is 1. The molecule has 0 bridgehead atoms. The Morgan fingerprint density at radius 3 is 2.67 bits per heavy atom. The van der Waals surface area contributed by atoms with Gasteiger partial charge in [0.15, 0.2) is 5.65 Å². The average Bonchev–Trinajstić information content (AvgIpc) is 2.91. The maximum absolute atomic E-state index is 12.6. The van der Waals surface area contributed by atoms with Crippen LogP contribution >= 0.6 is 0 Å². The van der Waals surface area contributed by atoms with Gasteiger partial charge < -0.3 is 9.72 Å². The zero-order valence-corrected chi connectivity index (χ0v) is 16.3. The van der Waals surface area contributed by atoms with E-state index in [4.69, 9.17) is 4.74 Å². The zero-order chi connectivity index (χ0) is 19.8. The highest BCUT2D eigenvalue weighted by Crippen LogP contribution is 2.31. The molecule has 0 atom stereocenters. The molecule has 0 saturated carbocycles. The smallest absolute Gasteiger partial charge is 0.262 e. The first-order valence-electron chi connectivity index (χ1n) is 8.46. The molecule has 0 radical (unpaired) electrons. The van der Waals surface area contributed by atoms with Crippen LogP contribution in [0.3, 0.4) is 0 Å². The van der Waals surface area contributed by atoms with E-state index >= 15 is 0 Å². The van der Waals surface area contributed by atoms with Gasteiger partial charge in [0, 0.05) is 12.2 Å². The van der Waals surface area contributed by atoms with Gasteiger partial charge in [0.05, 0.1) is 24.1 Å². The predicted molar refractivity (Wildman–Crippen MR) is 104 cm³/mol. The van der Waals surface area contributed by atoms with Crippen LogP contribution in [0.5, 0.6) is 5.75 Å². The number of aromatic amines is 1. The van der Waals surface area contributed by atoms with Gasteiger partial charge in [-0.3, -0.25) is 9.52 Å². The third-order valence-corrected chi connectivity index (χ3v) is 4.52. The molecular formula is C17H21N5O4S. The summed E-state index contributed by atoms with van der Waals surface area (Å²) in [7, 11) is -3.45. The lowest BCUT2D eigenvalue weighted by atomic mass is 10.1. The molecule has 2 N–H and O–H groups in total. The number of benzene rings is 1. The van der Waals surface area contributed by atoms with Gasteiger partial charge in [-0.15, -0.1) is 0 Å². The van der Waals surface area contributed by atoms with Crippen molar-refractivity contribution in [2.75, 3.05) is 17.6 Å². The van der Waals surface area contributed by atoms with Crippen molar-refractivity contribution in [2.45, 2.75) is 27.3 Å². The molecule has 0 unspecified atom stereocenters. The third kappa shape index (κ3) is 3.80. The molecule has 0 spiro atoms. The highest BCUT2D eigenvalue weighted by molar-refractivity contribution is 7.92. The molecule has 10 heteroatoms. The van der Waals surface area contributed by atoms with Crippen molar-refractivity contribution >= 4 is 26.7 Å². The van der Waals surface area contributed by atoms with Crippen LogP contribution in [0.2, 0.25) is 0 Å². The number of H-pyrrole nitrogens is 1. The van der Waals surface area contributed by atoms with Crippen LogP contribution in [0.15, 0.2) is 23.0 Å². The van der Waals surface area contributed by atoms with Crippen LogP contribution < -0.4 is 15.0 Å². The van der Waals surface area contributed by atoms with Gasteiger partial charge in [0.2, 0.25) is 10.0 Å². The normalized spacial score (nSPS) is 11.7. The molecule has 0 saturated heterocycles. The van der Waals surface area contributed by atoms with Crippen molar-refractivity contribution in [3.8, 4) is 17.1 Å². The van der Waals surface area contributed by atoms with Crippen molar-refractivity contribution in [3.63, 3.8) is 0 Å². The number of hydrogen-bond donors (Lipinski definition) is 2. The lowest BCUT2D eigenvalue weighted by molar-refractivity contribution is 0.341. The quantitative estimate of drug-likeness (QED) is 0.662. The van der Waals surface area contributed by atoms with Crippen molar-refractivity contribution < 1.29 is 13.2 Å². The van der Waals surface area contributed by atoms with Gasteiger partial charge in [-0.25, -0.2) is 18.1 Å². The van der Waals surface area contributed by atoms with Crippen LogP contribution in [0.1, 0.15) is 19.5 Å². The summed E-state index contributed by atoms with van der Waals surface area (Å²) < 4.78 is 32.8. The Morgan fingerprint density at radius 2 is 2.04 bits per heavy atom. The highest BCUT2D eigenvalue weighted by atomic mass is 32.2. The SMILES string of the molecule is CCOc1ccc(NS(C)(=O)=O)cc1-c1nc2c(c(C)nn2CC)c(=O)[nH]1. The number of aryl methyl sites for hydroxylation is 2. The molecule has 2 aromatic heterocycles. The van der Waals surface area contributed by atoms with Gasteiger partial charge in [-0.2, -0.15) is 5.10 Å². The Hall–Kier alpha value is -2.88. The first kappa shape index (κ1) is 18.9. The summed E-state index contributed by atoms with van der Waals surface area (Å²) in [6.45, 7) is 6.48. The Bertz CT molecular complexity index is 1160. The van der Waals surface area contributed by atoms with Crippen LogP contribution in [0.4, 0.5) is 5.69 Å². The number of sulfonamides is 1. The fourth-order valence-electron chi connectivity index (χ4n) is 2.87. The lowest BCUT2D eigenvalue weighted by Gasteiger charge is -2.12. The summed E-state index contributed by atoms with van der Waals surface area (Å²) >= 11 is 0.